The van der Waals surface area contributed by atoms with E-state index in [1.807, 2.05) is 48.5 Å². The SMILES string of the molecule is NC(N)=NCCC[C@H](NC(=O)[C@@H](N)CCCN=C(N)N)C(=O)N[C@@H](Cc1c[nH]c2ccccc12)C(=O)N[C@@H](Cc1c[nH]c2ccccc12)C(=O)N[C@@H](CS)C(=O)N[C@@H](Cc1ccc(O)cc1)C(=O)O. The van der Waals surface area contributed by atoms with E-state index >= 15 is 0 Å². The van der Waals surface area contributed by atoms with Gasteiger partial charge >= 0.3 is 5.97 Å². The molecule has 368 valence electrons. The summed E-state index contributed by atoms with van der Waals surface area (Å²) < 4.78 is 0. The first-order valence-electron chi connectivity index (χ1n) is 22.1. The van der Waals surface area contributed by atoms with E-state index in [2.05, 4.69) is 59.2 Å². The van der Waals surface area contributed by atoms with Gasteiger partial charge in [0.05, 0.1) is 6.04 Å². The van der Waals surface area contributed by atoms with Crippen LogP contribution < -0.4 is 55.3 Å². The number of aromatic hydroxyl groups is 1. The Balaban J connectivity index is 1.43. The van der Waals surface area contributed by atoms with Crippen molar-refractivity contribution in [1.29, 1.82) is 0 Å². The van der Waals surface area contributed by atoms with Gasteiger partial charge in [0.25, 0.3) is 0 Å². The van der Waals surface area contributed by atoms with Crippen LogP contribution in [-0.2, 0) is 48.0 Å². The van der Waals surface area contributed by atoms with E-state index in [9.17, 15) is 39.0 Å². The number of aromatic amines is 2. The standard InChI is InChI=1S/C46H60N14O8S/c47-31(9-5-17-52-45(48)49)39(62)56-34(12-6-18-53-46(50)51)40(63)57-35(20-26-22-54-32-10-3-1-7-29(26)32)41(64)58-36(21-27-23-55-33-11-4-2-8-30(27)33)42(65)60-38(24-69)43(66)59-37(44(67)68)19-25-13-15-28(61)16-14-25/h1-4,7-8,10-11,13-16,22-23,31,34-38,54-55,61,69H,5-6,9,12,17-21,24,47H2,(H,56,62)(H,57,63)(H,58,64)(H,59,66)(H,60,65)(H,67,68)(H4,48,49,52)(H4,50,51,53)/t31-,34-,35-,36-,37-,38-/m0/s1. The number of nitrogens with zero attached hydrogens (tertiary/aromatic N) is 2. The van der Waals surface area contributed by atoms with Crippen molar-refractivity contribution in [1.82, 2.24) is 36.6 Å². The minimum absolute atomic E-state index is 0.0214. The largest absolute Gasteiger partial charge is 0.508 e. The number of aromatic nitrogens is 2. The van der Waals surface area contributed by atoms with E-state index in [1.54, 1.807) is 12.4 Å². The fourth-order valence-corrected chi connectivity index (χ4v) is 7.77. The predicted molar refractivity (Wildman–Crippen MR) is 265 cm³/mol. The average Bonchev–Trinajstić information content (AvgIpc) is 3.93. The number of rotatable bonds is 26. The van der Waals surface area contributed by atoms with Crippen LogP contribution >= 0.6 is 12.6 Å². The van der Waals surface area contributed by atoms with E-state index in [-0.39, 0.29) is 75.0 Å². The van der Waals surface area contributed by atoms with E-state index in [4.69, 9.17) is 28.7 Å². The van der Waals surface area contributed by atoms with E-state index < -0.39 is 71.8 Å². The van der Waals surface area contributed by atoms with Crippen molar-refractivity contribution in [3.63, 3.8) is 0 Å². The maximum absolute atomic E-state index is 14.8. The molecular weight excluding hydrogens is 909 g/mol. The van der Waals surface area contributed by atoms with E-state index in [0.717, 1.165) is 21.8 Å². The van der Waals surface area contributed by atoms with Crippen LogP contribution in [0.25, 0.3) is 21.8 Å². The molecule has 69 heavy (non-hydrogen) atoms. The van der Waals surface area contributed by atoms with Crippen LogP contribution in [0.1, 0.15) is 42.4 Å². The molecule has 5 aromatic rings. The molecule has 6 atom stereocenters. The Hall–Kier alpha value is -7.79. The zero-order valence-electron chi connectivity index (χ0n) is 37.7. The fourth-order valence-electron chi connectivity index (χ4n) is 7.51. The molecule has 0 bridgehead atoms. The number of fused-ring (bicyclic) bond motifs is 2. The normalized spacial score (nSPS) is 13.7. The molecule has 2 heterocycles. The highest BCUT2D eigenvalue weighted by molar-refractivity contribution is 7.80. The molecular formula is C46H60N14O8S. The molecule has 0 aliphatic heterocycles. The van der Waals surface area contributed by atoms with Gasteiger partial charge in [-0.2, -0.15) is 12.6 Å². The monoisotopic (exact) mass is 968 g/mol. The molecule has 22 nitrogen and oxygen atoms in total. The highest BCUT2D eigenvalue weighted by Gasteiger charge is 2.34. The zero-order chi connectivity index (χ0) is 50.0. The summed E-state index contributed by atoms with van der Waals surface area (Å²) in [6.45, 7) is 0.350. The number of phenolic OH excluding ortho intramolecular Hbond substituents is 1. The van der Waals surface area contributed by atoms with Crippen LogP contribution in [0.2, 0.25) is 0 Å². The molecule has 5 amide bonds. The van der Waals surface area contributed by atoms with Gasteiger partial charge in [-0.05, 0) is 66.6 Å². The predicted octanol–water partition coefficient (Wildman–Crippen LogP) is -0.744. The van der Waals surface area contributed by atoms with Gasteiger partial charge in [-0.3, -0.25) is 34.0 Å². The second-order valence-electron chi connectivity index (χ2n) is 16.3. The number of aliphatic imine (C=N–C) groups is 2. The number of carboxylic acids is 1. The number of nitrogens with two attached hydrogens (primary N) is 5. The van der Waals surface area contributed by atoms with Gasteiger partial charge in [0.2, 0.25) is 29.5 Å². The summed E-state index contributed by atoms with van der Waals surface area (Å²) in [7, 11) is 0. The second-order valence-corrected chi connectivity index (χ2v) is 16.7. The van der Waals surface area contributed by atoms with Gasteiger partial charge < -0.3 is 75.4 Å². The third-order valence-electron chi connectivity index (χ3n) is 11.2. The Morgan fingerprint density at radius 3 is 1.49 bits per heavy atom. The summed E-state index contributed by atoms with van der Waals surface area (Å²) in [5.41, 5.74) is 31.4. The number of hydrogen-bond acceptors (Lipinski definition) is 11. The minimum atomic E-state index is -1.41. The van der Waals surface area contributed by atoms with Crippen molar-refractivity contribution in [2.24, 2.45) is 38.7 Å². The van der Waals surface area contributed by atoms with Crippen molar-refractivity contribution in [2.45, 2.75) is 81.2 Å². The average molecular weight is 969 g/mol. The van der Waals surface area contributed by atoms with Crippen molar-refractivity contribution in [2.75, 3.05) is 18.8 Å². The van der Waals surface area contributed by atoms with Gasteiger partial charge in [-0.1, -0.05) is 48.5 Å². The number of benzene rings is 3. The number of para-hydroxylation sites is 2. The van der Waals surface area contributed by atoms with Crippen LogP contribution in [0.15, 0.2) is 95.2 Å². The molecule has 0 fully saturated rings. The molecule has 3 aromatic carbocycles. The third-order valence-corrected chi connectivity index (χ3v) is 11.5. The Labute approximate surface area is 402 Å². The summed E-state index contributed by atoms with van der Waals surface area (Å²) in [6, 6.07) is 12.7. The molecule has 0 aliphatic rings. The number of amides is 5. The molecule has 0 unspecified atom stereocenters. The number of guanidine groups is 2. The Morgan fingerprint density at radius 2 is 1.00 bits per heavy atom. The van der Waals surface area contributed by atoms with Crippen LogP contribution in [0.5, 0.6) is 5.75 Å². The minimum Gasteiger partial charge on any atom is -0.508 e. The van der Waals surface area contributed by atoms with Crippen LogP contribution in [0.3, 0.4) is 0 Å². The first kappa shape index (κ1) is 52.2. The number of hydrogen-bond donors (Lipinski definition) is 15. The van der Waals surface area contributed by atoms with Gasteiger partial charge in [0, 0.05) is 72.3 Å². The summed E-state index contributed by atoms with van der Waals surface area (Å²) in [4.78, 5) is 97.0. The lowest BCUT2D eigenvalue weighted by Gasteiger charge is -2.27. The quantitative estimate of drug-likeness (QED) is 0.0141. The Bertz CT molecular complexity index is 2630. The molecule has 23 heteroatoms. The number of carbonyl (C=O) groups excluding carboxylic acids is 5. The molecule has 0 radical (unpaired) electrons. The maximum atomic E-state index is 14.8. The molecule has 0 saturated heterocycles. The summed E-state index contributed by atoms with van der Waals surface area (Å²) in [5, 5.41) is 34.6. The fraction of sp³-hybridized carbons (Fsp3) is 0.348. The summed E-state index contributed by atoms with van der Waals surface area (Å²) >= 11 is 4.30. The van der Waals surface area contributed by atoms with Crippen molar-refractivity contribution in [3.05, 3.63) is 102 Å². The highest BCUT2D eigenvalue weighted by atomic mass is 32.1. The zero-order valence-corrected chi connectivity index (χ0v) is 38.6. The molecule has 19 N–H and O–H groups in total. The van der Waals surface area contributed by atoms with Crippen molar-refractivity contribution >= 4 is 81.9 Å². The van der Waals surface area contributed by atoms with Gasteiger partial charge in [0.1, 0.15) is 36.0 Å². The van der Waals surface area contributed by atoms with E-state index in [1.165, 1.54) is 24.3 Å². The summed E-state index contributed by atoms with van der Waals surface area (Å²) in [6.07, 6.45) is 3.91. The number of thiol groups is 1. The Morgan fingerprint density at radius 1 is 0.565 bits per heavy atom. The smallest absolute Gasteiger partial charge is 0.326 e. The number of H-pyrrole nitrogens is 2. The Kier molecular flexibility index (Phi) is 19.2. The topological polar surface area (TPSA) is 389 Å². The molecule has 0 saturated carbocycles. The first-order chi connectivity index (χ1) is 33.0. The van der Waals surface area contributed by atoms with Crippen LogP contribution in [-0.4, -0.2) is 123 Å². The number of carbonyl (C=O) groups is 6. The number of carboxylic acid groups (broad SMARTS) is 1. The molecule has 0 spiro atoms. The van der Waals surface area contributed by atoms with Crippen molar-refractivity contribution in [3.8, 4) is 5.75 Å². The molecule has 2 aromatic heterocycles. The lowest BCUT2D eigenvalue weighted by atomic mass is 10.0. The van der Waals surface area contributed by atoms with Gasteiger partial charge in [-0.15, -0.1) is 0 Å². The number of nitrogens with one attached hydrogen (secondary N) is 7. The lowest BCUT2D eigenvalue weighted by molar-refractivity contribution is -0.142. The first-order valence-corrected chi connectivity index (χ1v) is 22.8. The third kappa shape index (κ3) is 15.6. The molecule has 0 aliphatic carbocycles. The van der Waals surface area contributed by atoms with Crippen LogP contribution in [0, 0.1) is 0 Å². The van der Waals surface area contributed by atoms with Crippen molar-refractivity contribution < 1.29 is 39.0 Å². The molecule has 5 rings (SSSR count). The number of aliphatic carboxylic acids is 1. The maximum Gasteiger partial charge on any atom is 0.326 e. The second kappa shape index (κ2) is 25.4. The summed E-state index contributed by atoms with van der Waals surface area (Å²) in [5.74, 6) is -5.75. The van der Waals surface area contributed by atoms with Crippen LogP contribution in [0.4, 0.5) is 0 Å². The van der Waals surface area contributed by atoms with E-state index in [0.29, 0.717) is 23.1 Å². The lowest BCUT2D eigenvalue weighted by Crippen LogP contribution is -2.60. The van der Waals surface area contributed by atoms with Gasteiger partial charge in [-0.25, -0.2) is 4.79 Å². The van der Waals surface area contributed by atoms with Gasteiger partial charge in [0.15, 0.2) is 11.9 Å². The highest BCUT2D eigenvalue weighted by Crippen LogP contribution is 2.22. The number of phenols is 1.